The fraction of sp³-hybridized carbons (Fsp3) is 0.509. The average Bonchev–Trinajstić information content (AvgIpc) is 4.29. The number of nitrogens with one attached hydrogen (secondary N) is 4. The van der Waals surface area contributed by atoms with Crippen molar-refractivity contribution >= 4 is 83.4 Å². The maximum atomic E-state index is 14.4. The number of carbonyl (C=O) groups is 5. The number of likely N-dealkylation sites (tertiary alicyclic amines) is 1. The molecule has 3 heterocycles. The van der Waals surface area contributed by atoms with Gasteiger partial charge >= 0.3 is 6.09 Å². The summed E-state index contributed by atoms with van der Waals surface area (Å²) >= 11 is 1.55. The third-order valence-electron chi connectivity index (χ3n) is 13.7. The van der Waals surface area contributed by atoms with Gasteiger partial charge in [-0.2, -0.15) is 0 Å². The van der Waals surface area contributed by atoms with Gasteiger partial charge in [0.15, 0.2) is 9.84 Å². The van der Waals surface area contributed by atoms with Gasteiger partial charge in [0.2, 0.25) is 23.6 Å². The molecule has 0 radical (unpaired) electrons. The van der Waals surface area contributed by atoms with E-state index in [9.17, 15) is 37.5 Å². The maximum Gasteiger partial charge on any atom is 0.407 e. The van der Waals surface area contributed by atoms with Gasteiger partial charge in [-0.25, -0.2) is 18.2 Å². The molecule has 0 unspecified atom stereocenters. The highest BCUT2D eigenvalue weighted by Crippen LogP contribution is 2.38. The number of fused-ring (bicyclic) bond motifs is 3. The van der Waals surface area contributed by atoms with Crippen molar-refractivity contribution in [3.8, 4) is 5.75 Å². The molecule has 78 heavy (non-hydrogen) atoms. The Morgan fingerprint density at radius 2 is 1.53 bits per heavy atom. The van der Waals surface area contributed by atoms with Gasteiger partial charge in [0.1, 0.15) is 42.0 Å². The molecule has 5 N–H and O–H groups in total. The van der Waals surface area contributed by atoms with Crippen LogP contribution >= 0.6 is 11.3 Å². The molecular formula is C55H72N8O13S2. The van der Waals surface area contributed by atoms with E-state index < -0.39 is 68.0 Å². The number of likely N-dealkylation sites (N-methyl/N-ethyl adjacent to an activating group) is 1. The average molecular weight is 1120 g/mol. The lowest BCUT2D eigenvalue weighted by Gasteiger charge is -2.36. The van der Waals surface area contributed by atoms with Gasteiger partial charge in [0.25, 0.3) is 0 Å². The zero-order valence-corrected chi connectivity index (χ0v) is 47.1. The van der Waals surface area contributed by atoms with Crippen LogP contribution in [-0.2, 0) is 54.4 Å². The summed E-state index contributed by atoms with van der Waals surface area (Å²) in [6.07, 6.45) is 1.95. The first-order valence-electron chi connectivity index (χ1n) is 26.0. The highest BCUT2D eigenvalue weighted by atomic mass is 32.2. The van der Waals surface area contributed by atoms with Crippen LogP contribution < -0.4 is 26.0 Å². The Bertz CT molecular complexity index is 3050. The monoisotopic (exact) mass is 1120 g/mol. The largest absolute Gasteiger partial charge is 0.490 e. The molecule has 422 valence electrons. The lowest BCUT2D eigenvalue weighted by molar-refractivity contribution is -0.144. The number of anilines is 2. The molecule has 1 aliphatic carbocycles. The van der Waals surface area contributed by atoms with Crippen molar-refractivity contribution in [2.45, 2.75) is 108 Å². The number of hydrogen-bond acceptors (Lipinski definition) is 16. The Labute approximate surface area is 459 Å². The minimum Gasteiger partial charge on any atom is -0.490 e. The zero-order chi connectivity index (χ0) is 56.4. The van der Waals surface area contributed by atoms with Gasteiger partial charge in [-0.15, -0.1) is 11.3 Å². The standard InChI is InChI=1S/C55H72N8O13S2/c1-34(62(8)53(68)69)50(65)61-49(54(2,3)4)52(67)63-31-37(28-44(63)51(66)60-40-15-13-35-11-9-10-12-38(35)40)59-48(64)32-75-24-23-73-20-19-72-21-22-74-25-26-76-45-30-42-39(29-47(45)78(70,71)55(5,6)7)41(17-18-56-42)58-36-14-16-46-43(27-36)57-33-77-46/h9-12,14,16-18,27,29-30,33-34,37,40,44,49H,13,15,19-26,28,31-32H2,1-8H3,(H,56,58)(H,59,64)(H,60,66)(H,61,65)(H,68,69)/t34-,37-,40+,44-,49+/m0/s1. The number of nitrogens with zero attached hydrogens (tertiary/aromatic N) is 4. The molecule has 2 aromatic heterocycles. The molecule has 21 nitrogen and oxygen atoms in total. The van der Waals surface area contributed by atoms with Crippen LogP contribution in [0.4, 0.5) is 16.2 Å². The number of carboxylic acid groups (broad SMARTS) is 1. The van der Waals surface area contributed by atoms with Gasteiger partial charge in [-0.05, 0) is 93.8 Å². The molecule has 0 saturated carbocycles. The summed E-state index contributed by atoms with van der Waals surface area (Å²) in [5.41, 5.74) is 6.00. The number of pyridine rings is 1. The number of rotatable bonds is 25. The van der Waals surface area contributed by atoms with E-state index in [1.54, 1.807) is 82.8 Å². The van der Waals surface area contributed by atoms with Gasteiger partial charge in [0, 0.05) is 48.7 Å². The van der Waals surface area contributed by atoms with Crippen LogP contribution in [0, 0.1) is 5.41 Å². The summed E-state index contributed by atoms with van der Waals surface area (Å²) in [5, 5.41) is 22.2. The normalized spacial score (nSPS) is 17.3. The molecule has 5 aromatic rings. The highest BCUT2D eigenvalue weighted by molar-refractivity contribution is 7.92. The molecule has 0 spiro atoms. The van der Waals surface area contributed by atoms with Crippen LogP contribution in [0.25, 0.3) is 21.1 Å². The Morgan fingerprint density at radius 1 is 0.846 bits per heavy atom. The third kappa shape index (κ3) is 14.8. The lowest BCUT2D eigenvalue weighted by Crippen LogP contribution is -2.60. The number of ether oxygens (including phenoxy) is 5. The Morgan fingerprint density at radius 3 is 2.21 bits per heavy atom. The van der Waals surface area contributed by atoms with Crippen LogP contribution in [-0.4, -0.2) is 165 Å². The van der Waals surface area contributed by atoms with E-state index in [1.165, 1.54) is 18.9 Å². The number of carbonyl (C=O) groups excluding carboxylic acids is 4. The Balaban J connectivity index is 0.820. The van der Waals surface area contributed by atoms with E-state index >= 15 is 0 Å². The fourth-order valence-corrected chi connectivity index (χ4v) is 11.1. The van der Waals surface area contributed by atoms with E-state index in [4.69, 9.17) is 23.7 Å². The summed E-state index contributed by atoms with van der Waals surface area (Å²) in [6, 6.07) is 14.7. The molecule has 1 fully saturated rings. The van der Waals surface area contributed by atoms with E-state index in [2.05, 4.69) is 31.2 Å². The fourth-order valence-electron chi connectivity index (χ4n) is 9.14. The number of sulfone groups is 1. The molecule has 1 saturated heterocycles. The molecule has 3 aromatic carbocycles. The predicted octanol–water partition coefficient (Wildman–Crippen LogP) is 6.02. The van der Waals surface area contributed by atoms with Gasteiger partial charge in [0.05, 0.1) is 78.3 Å². The number of aryl methyl sites for hydroxylation is 1. The summed E-state index contributed by atoms with van der Waals surface area (Å²) in [7, 11) is -2.58. The summed E-state index contributed by atoms with van der Waals surface area (Å²) in [6.45, 7) is 12.9. The van der Waals surface area contributed by atoms with Crippen LogP contribution in [0.5, 0.6) is 5.75 Å². The smallest absolute Gasteiger partial charge is 0.407 e. The van der Waals surface area contributed by atoms with Crippen LogP contribution in [0.1, 0.15) is 78.5 Å². The SMILES string of the molecule is C[C@@H](C(=O)N[C@H](C(=O)N1C[C@@H](NC(=O)COCCOCCOCCOCCOc2cc3nccc(Nc4ccc5scnc5c4)c3cc2S(=O)(=O)C(C)(C)C)C[C@H]1C(=O)N[C@@H]1CCc2ccccc21)C(C)(C)C)N(C)C(=O)O. The minimum absolute atomic E-state index is 0.0138. The number of thiazole rings is 1. The number of amides is 5. The molecule has 2 aliphatic rings. The van der Waals surface area contributed by atoms with Crippen LogP contribution in [0.15, 0.2) is 77.3 Å². The predicted molar refractivity (Wildman–Crippen MR) is 295 cm³/mol. The molecule has 23 heteroatoms. The molecule has 1 aliphatic heterocycles. The molecule has 0 bridgehead atoms. The molecule has 7 rings (SSSR count). The van der Waals surface area contributed by atoms with Gasteiger partial charge in [-0.1, -0.05) is 45.0 Å². The highest BCUT2D eigenvalue weighted by Gasteiger charge is 2.46. The van der Waals surface area contributed by atoms with E-state index in [0.29, 0.717) is 23.0 Å². The first-order chi connectivity index (χ1) is 37.0. The van der Waals surface area contributed by atoms with Gasteiger partial charge in [-0.3, -0.25) is 29.1 Å². The molecular weight excluding hydrogens is 1040 g/mol. The van der Waals surface area contributed by atoms with Crippen molar-refractivity contribution < 1.29 is 61.2 Å². The maximum absolute atomic E-state index is 14.4. The number of aromatic nitrogens is 2. The van der Waals surface area contributed by atoms with Crippen molar-refractivity contribution in [3.63, 3.8) is 0 Å². The van der Waals surface area contributed by atoms with Crippen molar-refractivity contribution in [2.75, 3.05) is 78.4 Å². The molecule has 5 atom stereocenters. The third-order valence-corrected chi connectivity index (χ3v) is 17.0. The van der Waals surface area contributed by atoms with E-state index in [-0.39, 0.29) is 95.0 Å². The van der Waals surface area contributed by atoms with Crippen molar-refractivity contribution in [2.24, 2.45) is 5.41 Å². The van der Waals surface area contributed by atoms with Crippen molar-refractivity contribution in [3.05, 3.63) is 83.5 Å². The lowest BCUT2D eigenvalue weighted by atomic mass is 9.85. The Hall–Kier alpha value is -6.50. The minimum atomic E-state index is -3.85. The number of benzene rings is 3. The van der Waals surface area contributed by atoms with Gasteiger partial charge < -0.3 is 55.0 Å². The second-order valence-electron chi connectivity index (χ2n) is 21.4. The van der Waals surface area contributed by atoms with Crippen LogP contribution in [0.3, 0.4) is 0 Å². The van der Waals surface area contributed by atoms with Crippen molar-refractivity contribution in [1.82, 2.24) is 35.7 Å². The first kappa shape index (κ1) is 59.2. The summed E-state index contributed by atoms with van der Waals surface area (Å²) in [4.78, 5) is 77.7. The zero-order valence-electron chi connectivity index (χ0n) is 45.5. The molecule has 5 amide bonds. The summed E-state index contributed by atoms with van der Waals surface area (Å²) in [5.74, 6) is -1.87. The van der Waals surface area contributed by atoms with Crippen molar-refractivity contribution in [1.29, 1.82) is 0 Å². The second-order valence-corrected chi connectivity index (χ2v) is 24.9. The van der Waals surface area contributed by atoms with E-state index in [0.717, 1.165) is 38.4 Å². The second kappa shape index (κ2) is 26.0. The summed E-state index contributed by atoms with van der Waals surface area (Å²) < 4.78 is 56.3. The first-order valence-corrected chi connectivity index (χ1v) is 28.4. The van der Waals surface area contributed by atoms with Crippen LogP contribution in [0.2, 0.25) is 0 Å². The Kier molecular flexibility index (Phi) is 19.7. The quantitative estimate of drug-likeness (QED) is 0.0418. The van der Waals surface area contributed by atoms with E-state index in [1.807, 2.05) is 42.5 Å². The topological polar surface area (TPSA) is 266 Å². The number of hydrogen-bond donors (Lipinski definition) is 5.